The number of nitrogens with zero attached hydrogens (tertiary/aromatic N) is 3. The molecule has 10 heteroatoms. The van der Waals surface area contributed by atoms with Crippen molar-refractivity contribution in [2.45, 2.75) is 49.5 Å². The minimum Gasteiger partial charge on any atom is -0.393 e. The number of halogens is 1. The monoisotopic (exact) mass is 467 g/mol. The number of aliphatic hydroxyl groups is 2. The normalized spacial score (nSPS) is 15.7. The number of hydrogen-bond donors (Lipinski definition) is 2. The molecule has 1 aliphatic rings. The second-order valence-electron chi connectivity index (χ2n) is 7.80. The van der Waals surface area contributed by atoms with Crippen LogP contribution in [0.2, 0.25) is 5.02 Å². The van der Waals surface area contributed by atoms with Crippen molar-refractivity contribution >= 4 is 38.9 Å². The summed E-state index contributed by atoms with van der Waals surface area (Å²) in [6.45, 7) is -0.499. The first-order chi connectivity index (χ1) is 14.7. The van der Waals surface area contributed by atoms with Gasteiger partial charge in [-0.05, 0) is 30.5 Å². The molecule has 2 N–H and O–H groups in total. The van der Waals surface area contributed by atoms with E-state index in [1.54, 1.807) is 0 Å². The number of amides is 1. The molecule has 3 rings (SSSR count). The molecule has 1 saturated carbocycles. The van der Waals surface area contributed by atoms with Gasteiger partial charge >= 0.3 is 0 Å². The molecule has 1 atom stereocenters. The van der Waals surface area contributed by atoms with Crippen LogP contribution in [0.25, 0.3) is 0 Å². The summed E-state index contributed by atoms with van der Waals surface area (Å²) in [5.74, 6) is 0.531. The lowest BCUT2D eigenvalue weighted by molar-refractivity contribution is -0.118. The van der Waals surface area contributed by atoms with Crippen molar-refractivity contribution in [2.75, 3.05) is 17.8 Å². The van der Waals surface area contributed by atoms with Crippen LogP contribution in [0.15, 0.2) is 35.5 Å². The summed E-state index contributed by atoms with van der Waals surface area (Å²) in [5.41, 5.74) is 0.550. The topological polar surface area (TPSA) is 121 Å². The number of rotatable bonds is 8. The fourth-order valence-corrected chi connectivity index (χ4v) is 5.11. The summed E-state index contributed by atoms with van der Waals surface area (Å²) < 4.78 is 23.8. The second kappa shape index (κ2) is 10.0. The number of carbonyl (C=O) groups is 1. The lowest BCUT2D eigenvalue weighted by atomic mass is 10.0. The average Bonchev–Trinajstić information content (AvgIpc) is 3.25. The Morgan fingerprint density at radius 2 is 1.97 bits per heavy atom. The SMILES string of the molecule is CS(=O)(=O)c1ccc(N(C(=O)CCC2CCCC2)c2cnc([C@@H](O)CO)cn2)cc1Cl. The average molecular weight is 468 g/mol. The first kappa shape index (κ1) is 23.6. The molecule has 0 radical (unpaired) electrons. The van der Waals surface area contributed by atoms with Crippen LogP contribution in [-0.2, 0) is 14.6 Å². The van der Waals surface area contributed by atoms with E-state index in [1.165, 1.54) is 48.3 Å². The van der Waals surface area contributed by atoms with Crippen molar-refractivity contribution in [1.29, 1.82) is 0 Å². The van der Waals surface area contributed by atoms with E-state index in [1.807, 2.05) is 0 Å². The molecule has 1 aromatic carbocycles. The number of hydrogen-bond acceptors (Lipinski definition) is 7. The number of sulfone groups is 1. The maximum atomic E-state index is 13.2. The highest BCUT2D eigenvalue weighted by molar-refractivity contribution is 7.90. The molecule has 8 nitrogen and oxygen atoms in total. The highest BCUT2D eigenvalue weighted by Gasteiger charge is 2.24. The van der Waals surface area contributed by atoms with Crippen LogP contribution >= 0.6 is 11.6 Å². The molecule has 0 unspecified atom stereocenters. The zero-order valence-electron chi connectivity index (χ0n) is 17.2. The van der Waals surface area contributed by atoms with E-state index in [4.69, 9.17) is 16.7 Å². The highest BCUT2D eigenvalue weighted by Crippen LogP contribution is 2.33. The molecule has 1 aromatic heterocycles. The Bertz CT molecular complexity index is 1020. The molecular formula is C21H26ClN3O5S. The van der Waals surface area contributed by atoms with Crippen molar-refractivity contribution < 1.29 is 23.4 Å². The van der Waals surface area contributed by atoms with Gasteiger partial charge in [-0.2, -0.15) is 0 Å². The molecule has 0 aliphatic heterocycles. The maximum absolute atomic E-state index is 13.2. The Labute approximate surface area is 186 Å². The van der Waals surface area contributed by atoms with E-state index in [0.29, 0.717) is 18.0 Å². The Balaban J connectivity index is 1.93. The van der Waals surface area contributed by atoms with Crippen molar-refractivity contribution in [3.8, 4) is 0 Å². The number of anilines is 2. The summed E-state index contributed by atoms with van der Waals surface area (Å²) in [5, 5.41) is 18.8. The smallest absolute Gasteiger partial charge is 0.232 e. The minimum absolute atomic E-state index is 0.00822. The van der Waals surface area contributed by atoms with Crippen molar-refractivity contribution in [1.82, 2.24) is 9.97 Å². The van der Waals surface area contributed by atoms with Gasteiger partial charge in [0.25, 0.3) is 0 Å². The molecule has 31 heavy (non-hydrogen) atoms. The summed E-state index contributed by atoms with van der Waals surface area (Å²) in [6, 6.07) is 4.29. The van der Waals surface area contributed by atoms with Gasteiger partial charge in [-0.25, -0.2) is 13.4 Å². The zero-order valence-corrected chi connectivity index (χ0v) is 18.8. The Morgan fingerprint density at radius 1 is 1.26 bits per heavy atom. The van der Waals surface area contributed by atoms with Crippen molar-refractivity contribution in [2.24, 2.45) is 5.92 Å². The van der Waals surface area contributed by atoms with E-state index >= 15 is 0 Å². The minimum atomic E-state index is -3.52. The van der Waals surface area contributed by atoms with Gasteiger partial charge < -0.3 is 10.2 Å². The quantitative estimate of drug-likeness (QED) is 0.611. The van der Waals surface area contributed by atoms with E-state index in [0.717, 1.165) is 25.5 Å². The zero-order chi connectivity index (χ0) is 22.6. The fraction of sp³-hybridized carbons (Fsp3) is 0.476. The van der Waals surface area contributed by atoms with Gasteiger partial charge in [0, 0.05) is 12.7 Å². The molecule has 0 bridgehead atoms. The van der Waals surface area contributed by atoms with Crippen LogP contribution in [0, 0.1) is 5.92 Å². The Hall–Kier alpha value is -2.07. The summed E-state index contributed by atoms with van der Waals surface area (Å²) in [7, 11) is -3.52. The summed E-state index contributed by atoms with van der Waals surface area (Å²) in [6.07, 6.45) is 8.20. The maximum Gasteiger partial charge on any atom is 0.232 e. The predicted octanol–water partition coefficient (Wildman–Crippen LogP) is 3.19. The molecule has 0 spiro atoms. The highest BCUT2D eigenvalue weighted by atomic mass is 35.5. The number of aromatic nitrogens is 2. The standard InChI is InChI=1S/C21H26ClN3O5S/c1-31(29,30)19-8-7-15(10-16(19)22)25(21(28)9-6-14-4-2-3-5-14)20-12-23-17(11-24-20)18(27)13-26/h7-8,10-12,14,18,26-27H,2-6,9,13H2,1H3/t18-/m0/s1. The van der Waals surface area contributed by atoms with Gasteiger partial charge in [-0.15, -0.1) is 0 Å². The molecule has 2 aromatic rings. The van der Waals surface area contributed by atoms with Crippen molar-refractivity contribution in [3.63, 3.8) is 0 Å². The lowest BCUT2D eigenvalue weighted by Gasteiger charge is -2.23. The van der Waals surface area contributed by atoms with Gasteiger partial charge in [-0.3, -0.25) is 14.7 Å². The second-order valence-corrected chi connectivity index (χ2v) is 10.2. The van der Waals surface area contributed by atoms with E-state index < -0.39 is 22.5 Å². The Morgan fingerprint density at radius 3 is 2.52 bits per heavy atom. The molecular weight excluding hydrogens is 442 g/mol. The molecule has 0 saturated heterocycles. The van der Waals surface area contributed by atoms with Gasteiger partial charge in [0.15, 0.2) is 15.7 Å². The van der Waals surface area contributed by atoms with E-state index in [-0.39, 0.29) is 27.3 Å². The molecule has 1 amide bonds. The fourth-order valence-electron chi connectivity index (χ4n) is 3.78. The lowest BCUT2D eigenvalue weighted by Crippen LogP contribution is -2.27. The van der Waals surface area contributed by atoms with Gasteiger partial charge in [0.2, 0.25) is 5.91 Å². The van der Waals surface area contributed by atoms with Crippen LogP contribution < -0.4 is 4.90 Å². The Kier molecular flexibility index (Phi) is 7.64. The number of carbonyl (C=O) groups excluding carboxylic acids is 1. The summed E-state index contributed by atoms with van der Waals surface area (Å²) in [4.78, 5) is 22.8. The largest absolute Gasteiger partial charge is 0.393 e. The molecule has 1 fully saturated rings. The number of benzene rings is 1. The molecule has 168 valence electrons. The third kappa shape index (κ3) is 5.79. The van der Waals surface area contributed by atoms with Gasteiger partial charge in [-0.1, -0.05) is 37.3 Å². The van der Waals surface area contributed by atoms with Gasteiger partial charge in [0.05, 0.1) is 40.3 Å². The van der Waals surface area contributed by atoms with Crippen LogP contribution in [0.1, 0.15) is 50.3 Å². The first-order valence-electron chi connectivity index (χ1n) is 10.1. The molecule has 1 heterocycles. The third-order valence-corrected chi connectivity index (χ3v) is 7.05. The van der Waals surface area contributed by atoms with Gasteiger partial charge in [0.1, 0.15) is 6.10 Å². The van der Waals surface area contributed by atoms with E-state index in [2.05, 4.69) is 9.97 Å². The third-order valence-electron chi connectivity index (χ3n) is 5.47. The van der Waals surface area contributed by atoms with Crippen molar-refractivity contribution in [3.05, 3.63) is 41.3 Å². The number of aliphatic hydroxyl groups excluding tert-OH is 2. The van der Waals surface area contributed by atoms with E-state index in [9.17, 15) is 18.3 Å². The first-order valence-corrected chi connectivity index (χ1v) is 12.4. The van der Waals surface area contributed by atoms with Crippen LogP contribution in [0.4, 0.5) is 11.5 Å². The summed E-state index contributed by atoms with van der Waals surface area (Å²) >= 11 is 6.20. The predicted molar refractivity (Wildman–Crippen MR) is 117 cm³/mol. The molecule has 1 aliphatic carbocycles. The van der Waals surface area contributed by atoms with Crippen LogP contribution in [0.3, 0.4) is 0 Å². The van der Waals surface area contributed by atoms with Crippen LogP contribution in [-0.4, -0.2) is 47.4 Å². The van der Waals surface area contributed by atoms with Crippen LogP contribution in [0.5, 0.6) is 0 Å².